The van der Waals surface area contributed by atoms with Crippen LogP contribution in [-0.2, 0) is 16.4 Å². The van der Waals surface area contributed by atoms with Gasteiger partial charge in [-0.2, -0.15) is 13.2 Å². The molecular weight excluding hydrogens is 329 g/mol. The molecule has 0 bridgehead atoms. The molecule has 3 rings (SSSR count). The fraction of sp³-hybridized carbons (Fsp3) is 0.632. The number of carbonyl (C=O) groups excluding carboxylic acids is 1. The molecule has 25 heavy (non-hydrogen) atoms. The van der Waals surface area contributed by atoms with Gasteiger partial charge in [-0.25, -0.2) is 0 Å². The van der Waals surface area contributed by atoms with Crippen molar-refractivity contribution in [1.82, 2.24) is 5.32 Å². The van der Waals surface area contributed by atoms with E-state index in [2.05, 4.69) is 5.32 Å². The fourth-order valence-corrected chi connectivity index (χ4v) is 4.09. The van der Waals surface area contributed by atoms with E-state index in [4.69, 9.17) is 5.73 Å². The maximum Gasteiger partial charge on any atom is 0.416 e. The maximum atomic E-state index is 13.0. The zero-order chi connectivity index (χ0) is 18.1. The molecule has 0 radical (unpaired) electrons. The van der Waals surface area contributed by atoms with Gasteiger partial charge in [0.05, 0.1) is 5.56 Å². The van der Waals surface area contributed by atoms with Gasteiger partial charge in [-0.1, -0.05) is 31.0 Å². The molecule has 0 saturated heterocycles. The fourth-order valence-electron chi connectivity index (χ4n) is 4.09. The minimum atomic E-state index is -4.34. The second-order valence-corrected chi connectivity index (χ2v) is 7.55. The number of nitrogens with one attached hydrogen (secondary N) is 1. The molecule has 1 aromatic carbocycles. The molecule has 138 valence electrons. The SMILES string of the molecule is N[C@@H]1CCC[C@H]1CC(=O)NCC1(c2cccc(C(F)(F)F)c2)CCC1. The van der Waals surface area contributed by atoms with Crippen molar-refractivity contribution >= 4 is 5.91 Å². The number of amides is 1. The van der Waals surface area contributed by atoms with Crippen LogP contribution in [0.2, 0.25) is 0 Å². The Bertz CT molecular complexity index is 625. The van der Waals surface area contributed by atoms with E-state index in [-0.39, 0.29) is 23.3 Å². The number of benzene rings is 1. The third-order valence-electron chi connectivity index (χ3n) is 5.90. The number of rotatable bonds is 5. The van der Waals surface area contributed by atoms with E-state index < -0.39 is 11.7 Å². The van der Waals surface area contributed by atoms with Crippen LogP contribution in [0.3, 0.4) is 0 Å². The lowest BCUT2D eigenvalue weighted by molar-refractivity contribution is -0.137. The Balaban J connectivity index is 1.64. The standard InChI is InChI=1S/C19H25F3N2O/c20-19(21,22)15-6-2-5-14(11-15)18(8-3-9-18)12-24-17(25)10-13-4-1-7-16(13)23/h2,5-6,11,13,16H,1,3-4,7-10,12,23H2,(H,24,25)/t13-,16+/m0/s1. The third kappa shape index (κ3) is 4.00. The lowest BCUT2D eigenvalue weighted by Gasteiger charge is -2.43. The highest BCUT2D eigenvalue weighted by Gasteiger charge is 2.40. The zero-order valence-electron chi connectivity index (χ0n) is 14.2. The highest BCUT2D eigenvalue weighted by Crippen LogP contribution is 2.44. The minimum absolute atomic E-state index is 0.0411. The Kier molecular flexibility index (Phi) is 5.09. The summed E-state index contributed by atoms with van der Waals surface area (Å²) in [4.78, 5) is 12.2. The molecular formula is C19H25F3N2O. The van der Waals surface area contributed by atoms with E-state index in [0.29, 0.717) is 18.5 Å². The molecule has 3 nitrogen and oxygen atoms in total. The Hall–Kier alpha value is -1.56. The molecule has 2 saturated carbocycles. The lowest BCUT2D eigenvalue weighted by atomic mass is 9.64. The molecule has 2 aliphatic rings. The van der Waals surface area contributed by atoms with Crippen LogP contribution in [-0.4, -0.2) is 18.5 Å². The number of alkyl halides is 3. The summed E-state index contributed by atoms with van der Waals surface area (Å²) < 4.78 is 38.9. The second-order valence-electron chi connectivity index (χ2n) is 7.55. The van der Waals surface area contributed by atoms with Crippen LogP contribution in [0.15, 0.2) is 24.3 Å². The average molecular weight is 354 g/mol. The first-order valence-corrected chi connectivity index (χ1v) is 9.00. The summed E-state index contributed by atoms with van der Waals surface area (Å²) in [6.07, 6.45) is 1.66. The van der Waals surface area contributed by atoms with Gasteiger partial charge in [-0.3, -0.25) is 4.79 Å². The van der Waals surface area contributed by atoms with Gasteiger partial charge in [0.1, 0.15) is 0 Å². The van der Waals surface area contributed by atoms with Crippen LogP contribution in [0.5, 0.6) is 0 Å². The smallest absolute Gasteiger partial charge is 0.355 e. The summed E-state index contributed by atoms with van der Waals surface area (Å²) in [5.74, 6) is 0.187. The van der Waals surface area contributed by atoms with Crippen LogP contribution < -0.4 is 11.1 Å². The van der Waals surface area contributed by atoms with Crippen LogP contribution in [0.25, 0.3) is 0 Å². The Morgan fingerprint density at radius 2 is 2.00 bits per heavy atom. The number of hydrogen-bond acceptors (Lipinski definition) is 2. The van der Waals surface area contributed by atoms with Gasteiger partial charge in [-0.05, 0) is 43.2 Å². The topological polar surface area (TPSA) is 55.1 Å². The first-order chi connectivity index (χ1) is 11.8. The third-order valence-corrected chi connectivity index (χ3v) is 5.90. The molecule has 2 aliphatic carbocycles. The van der Waals surface area contributed by atoms with E-state index in [0.717, 1.165) is 44.6 Å². The number of halogens is 3. The molecule has 6 heteroatoms. The number of carbonyl (C=O) groups is 1. The van der Waals surface area contributed by atoms with Crippen molar-refractivity contribution in [2.24, 2.45) is 11.7 Å². The first-order valence-electron chi connectivity index (χ1n) is 9.00. The van der Waals surface area contributed by atoms with Crippen LogP contribution >= 0.6 is 0 Å². The highest BCUT2D eigenvalue weighted by atomic mass is 19.4. The van der Waals surface area contributed by atoms with Gasteiger partial charge in [-0.15, -0.1) is 0 Å². The molecule has 0 unspecified atom stereocenters. The molecule has 0 heterocycles. The van der Waals surface area contributed by atoms with Gasteiger partial charge in [0.15, 0.2) is 0 Å². The van der Waals surface area contributed by atoms with Crippen molar-refractivity contribution in [3.05, 3.63) is 35.4 Å². The Morgan fingerprint density at radius 1 is 1.24 bits per heavy atom. The summed E-state index contributed by atoms with van der Waals surface area (Å²) in [5.41, 5.74) is 5.69. The first kappa shape index (κ1) is 18.2. The maximum absolute atomic E-state index is 13.0. The quantitative estimate of drug-likeness (QED) is 0.846. The van der Waals surface area contributed by atoms with Crippen molar-refractivity contribution in [3.63, 3.8) is 0 Å². The molecule has 3 N–H and O–H groups in total. The van der Waals surface area contributed by atoms with Crippen molar-refractivity contribution in [2.45, 2.75) is 62.6 Å². The van der Waals surface area contributed by atoms with Crippen molar-refractivity contribution in [3.8, 4) is 0 Å². The van der Waals surface area contributed by atoms with Crippen LogP contribution in [0.1, 0.15) is 56.1 Å². The highest BCUT2D eigenvalue weighted by molar-refractivity contribution is 5.76. The van der Waals surface area contributed by atoms with Gasteiger partial charge >= 0.3 is 6.18 Å². The molecule has 1 aromatic rings. The summed E-state index contributed by atoms with van der Waals surface area (Å²) in [5, 5.41) is 2.95. The zero-order valence-corrected chi connectivity index (χ0v) is 14.2. The van der Waals surface area contributed by atoms with Gasteiger partial charge in [0.25, 0.3) is 0 Å². The summed E-state index contributed by atoms with van der Waals surface area (Å²) >= 11 is 0. The van der Waals surface area contributed by atoms with Crippen LogP contribution in [0, 0.1) is 5.92 Å². The van der Waals surface area contributed by atoms with E-state index in [9.17, 15) is 18.0 Å². The van der Waals surface area contributed by atoms with Gasteiger partial charge < -0.3 is 11.1 Å². The van der Waals surface area contributed by atoms with E-state index in [1.165, 1.54) is 12.1 Å². The summed E-state index contributed by atoms with van der Waals surface area (Å²) in [7, 11) is 0. The van der Waals surface area contributed by atoms with Crippen molar-refractivity contribution in [2.75, 3.05) is 6.54 Å². The largest absolute Gasteiger partial charge is 0.416 e. The molecule has 1 amide bonds. The molecule has 0 aromatic heterocycles. The second kappa shape index (κ2) is 6.98. The van der Waals surface area contributed by atoms with E-state index in [1.54, 1.807) is 6.07 Å². The Labute approximate surface area is 146 Å². The molecule has 2 fully saturated rings. The van der Waals surface area contributed by atoms with Gasteiger partial charge in [0.2, 0.25) is 5.91 Å². The molecule has 2 atom stereocenters. The minimum Gasteiger partial charge on any atom is -0.355 e. The number of nitrogens with two attached hydrogens (primary N) is 1. The van der Waals surface area contributed by atoms with Crippen molar-refractivity contribution in [1.29, 1.82) is 0 Å². The van der Waals surface area contributed by atoms with Gasteiger partial charge in [0, 0.05) is 24.4 Å². The average Bonchev–Trinajstić information content (AvgIpc) is 2.91. The van der Waals surface area contributed by atoms with Crippen molar-refractivity contribution < 1.29 is 18.0 Å². The molecule has 0 spiro atoms. The summed E-state index contributed by atoms with van der Waals surface area (Å²) in [6, 6.07) is 5.62. The van der Waals surface area contributed by atoms with Crippen LogP contribution in [0.4, 0.5) is 13.2 Å². The summed E-state index contributed by atoms with van der Waals surface area (Å²) in [6.45, 7) is 0.398. The van der Waals surface area contributed by atoms with E-state index in [1.807, 2.05) is 0 Å². The monoisotopic (exact) mass is 354 g/mol. The predicted molar refractivity (Wildman–Crippen MR) is 89.9 cm³/mol. The lowest BCUT2D eigenvalue weighted by Crippen LogP contribution is -2.46. The normalized spacial score (nSPS) is 25.4. The Morgan fingerprint density at radius 3 is 2.56 bits per heavy atom. The predicted octanol–water partition coefficient (Wildman–Crippen LogP) is 3.76. The van der Waals surface area contributed by atoms with E-state index >= 15 is 0 Å². The number of hydrogen-bond donors (Lipinski definition) is 2. The molecule has 0 aliphatic heterocycles.